The number of allylic oxidation sites excluding steroid dienone is 22. The van der Waals surface area contributed by atoms with Crippen molar-refractivity contribution in [2.45, 2.75) is 258 Å². The van der Waals surface area contributed by atoms with Crippen molar-refractivity contribution in [3.63, 3.8) is 0 Å². The van der Waals surface area contributed by atoms with Gasteiger partial charge in [-0.05, 0) is 116 Å². The van der Waals surface area contributed by atoms with E-state index < -0.39 is 6.10 Å². The van der Waals surface area contributed by atoms with Crippen molar-refractivity contribution in [1.82, 2.24) is 0 Å². The summed E-state index contributed by atoms with van der Waals surface area (Å²) in [6.45, 7) is 6.36. The van der Waals surface area contributed by atoms with Crippen molar-refractivity contribution in [1.29, 1.82) is 0 Å². The molecular weight excluding hydrogens is 901 g/mol. The van der Waals surface area contributed by atoms with E-state index >= 15 is 0 Å². The summed E-state index contributed by atoms with van der Waals surface area (Å²) in [6, 6.07) is 0. The maximum absolute atomic E-state index is 12.9. The SMILES string of the molecule is CC/C=C\C/C=C\C/C=C\C/C=C\C/C=C\C/C=C\CCCCC(=O)OC(COC(=O)CCCCCCCCC/C=C\C/C=C\C/C=C\C/C=C\C/C=C\CC)COC(=O)CCCCCCCCCCCCC. The van der Waals surface area contributed by atoms with Gasteiger partial charge >= 0.3 is 17.9 Å². The summed E-state index contributed by atoms with van der Waals surface area (Å²) in [6.07, 6.45) is 84.4. The molecule has 0 aliphatic heterocycles. The van der Waals surface area contributed by atoms with Gasteiger partial charge in [-0.2, -0.15) is 0 Å². The van der Waals surface area contributed by atoms with E-state index in [1.807, 2.05) is 0 Å². The predicted octanol–water partition coefficient (Wildman–Crippen LogP) is 20.2. The maximum Gasteiger partial charge on any atom is 0.306 e. The molecule has 0 amide bonds. The quantitative estimate of drug-likeness (QED) is 0.0261. The molecule has 73 heavy (non-hydrogen) atoms. The van der Waals surface area contributed by atoms with Gasteiger partial charge in [0.05, 0.1) is 0 Å². The molecular formula is C67H108O6. The first-order valence-electron chi connectivity index (χ1n) is 29.7. The molecule has 0 saturated carbocycles. The molecule has 0 rings (SSSR count). The summed E-state index contributed by atoms with van der Waals surface area (Å²) in [4.78, 5) is 38.2. The zero-order chi connectivity index (χ0) is 52.9. The lowest BCUT2D eigenvalue weighted by molar-refractivity contribution is -0.167. The number of hydrogen-bond acceptors (Lipinski definition) is 6. The average Bonchev–Trinajstić information content (AvgIpc) is 3.39. The minimum Gasteiger partial charge on any atom is -0.462 e. The van der Waals surface area contributed by atoms with Crippen LogP contribution in [0.5, 0.6) is 0 Å². The van der Waals surface area contributed by atoms with E-state index in [0.29, 0.717) is 19.3 Å². The fourth-order valence-electron chi connectivity index (χ4n) is 7.77. The molecule has 0 aromatic carbocycles. The normalized spacial score (nSPS) is 13.1. The Morgan fingerprint density at radius 1 is 0.288 bits per heavy atom. The number of carbonyl (C=O) groups excluding carboxylic acids is 3. The highest BCUT2D eigenvalue weighted by atomic mass is 16.6. The second kappa shape index (κ2) is 60.1. The van der Waals surface area contributed by atoms with Crippen molar-refractivity contribution in [2.75, 3.05) is 13.2 Å². The Balaban J connectivity index is 4.44. The second-order valence-corrected chi connectivity index (χ2v) is 19.1. The van der Waals surface area contributed by atoms with Crippen LogP contribution in [-0.4, -0.2) is 37.2 Å². The van der Waals surface area contributed by atoms with Crippen LogP contribution in [-0.2, 0) is 28.6 Å². The van der Waals surface area contributed by atoms with Gasteiger partial charge in [-0.3, -0.25) is 14.4 Å². The van der Waals surface area contributed by atoms with E-state index in [-0.39, 0.29) is 37.5 Å². The number of hydrogen-bond donors (Lipinski definition) is 0. The third-order valence-corrected chi connectivity index (χ3v) is 12.2. The van der Waals surface area contributed by atoms with Crippen LogP contribution < -0.4 is 0 Å². The molecule has 0 heterocycles. The third kappa shape index (κ3) is 58.3. The van der Waals surface area contributed by atoms with Crippen molar-refractivity contribution < 1.29 is 28.6 Å². The van der Waals surface area contributed by atoms with Crippen LogP contribution in [0.2, 0.25) is 0 Å². The highest BCUT2D eigenvalue weighted by Gasteiger charge is 2.19. The van der Waals surface area contributed by atoms with E-state index in [1.54, 1.807) is 0 Å². The smallest absolute Gasteiger partial charge is 0.306 e. The van der Waals surface area contributed by atoms with Crippen LogP contribution in [0.15, 0.2) is 134 Å². The van der Waals surface area contributed by atoms with Crippen LogP contribution in [0.3, 0.4) is 0 Å². The molecule has 0 bridgehead atoms. The fourth-order valence-corrected chi connectivity index (χ4v) is 7.77. The van der Waals surface area contributed by atoms with E-state index in [4.69, 9.17) is 14.2 Å². The first-order chi connectivity index (χ1) is 36.0. The standard InChI is InChI=1S/C67H108O6/c1-4-7-10-13-16-19-22-24-26-28-30-32-33-35-36-38-40-42-45-48-51-54-57-60-66(69)72-63-64(62-71-65(68)59-56-53-50-47-44-21-18-15-12-9-6-3)73-67(70)61-58-55-52-49-46-43-41-39-37-34-31-29-27-25-23-20-17-14-11-8-5-2/h7-8,10-11,16-17,19-20,24-27,30-32,34-36,39,41,46,49,64H,4-6,9,12-15,18,21-23,28-29,33,37-38,40,42-45,47-48,50-63H2,1-3H3/b10-7-,11-8-,19-16-,20-17-,26-24-,27-25-,32-30-,34-31-,36-35-,41-39-,49-46-. The van der Waals surface area contributed by atoms with Crippen molar-refractivity contribution in [3.8, 4) is 0 Å². The van der Waals surface area contributed by atoms with E-state index in [0.717, 1.165) is 128 Å². The molecule has 0 fully saturated rings. The van der Waals surface area contributed by atoms with Gasteiger partial charge in [0.25, 0.3) is 0 Å². The molecule has 0 saturated heterocycles. The lowest BCUT2D eigenvalue weighted by Gasteiger charge is -2.18. The molecule has 0 aliphatic carbocycles. The molecule has 6 heteroatoms. The molecule has 1 unspecified atom stereocenters. The Labute approximate surface area is 449 Å². The summed E-state index contributed by atoms with van der Waals surface area (Å²) in [7, 11) is 0. The summed E-state index contributed by atoms with van der Waals surface area (Å²) < 4.78 is 16.8. The summed E-state index contributed by atoms with van der Waals surface area (Å²) in [5, 5.41) is 0. The van der Waals surface area contributed by atoms with E-state index in [9.17, 15) is 14.4 Å². The molecule has 0 spiro atoms. The third-order valence-electron chi connectivity index (χ3n) is 12.2. The first-order valence-corrected chi connectivity index (χ1v) is 29.7. The Morgan fingerprint density at radius 2 is 0.534 bits per heavy atom. The van der Waals surface area contributed by atoms with Crippen molar-refractivity contribution in [3.05, 3.63) is 134 Å². The van der Waals surface area contributed by atoms with Gasteiger partial charge in [0.15, 0.2) is 6.10 Å². The molecule has 0 aliphatic rings. The minimum absolute atomic E-state index is 0.102. The Kier molecular flexibility index (Phi) is 56.4. The van der Waals surface area contributed by atoms with E-state index in [2.05, 4.69) is 154 Å². The predicted molar refractivity (Wildman–Crippen MR) is 316 cm³/mol. The molecule has 0 aromatic rings. The second-order valence-electron chi connectivity index (χ2n) is 19.1. The number of carbonyl (C=O) groups is 3. The van der Waals surface area contributed by atoms with Gasteiger partial charge < -0.3 is 14.2 Å². The van der Waals surface area contributed by atoms with Crippen LogP contribution >= 0.6 is 0 Å². The molecule has 412 valence electrons. The molecule has 1 atom stereocenters. The van der Waals surface area contributed by atoms with Crippen LogP contribution in [0, 0.1) is 0 Å². The van der Waals surface area contributed by atoms with Crippen molar-refractivity contribution in [2.24, 2.45) is 0 Å². The fraction of sp³-hybridized carbons (Fsp3) is 0.627. The van der Waals surface area contributed by atoms with Gasteiger partial charge in [0.1, 0.15) is 13.2 Å². The lowest BCUT2D eigenvalue weighted by atomic mass is 10.1. The maximum atomic E-state index is 12.9. The van der Waals surface area contributed by atoms with Gasteiger partial charge in [0, 0.05) is 19.3 Å². The number of unbranched alkanes of at least 4 members (excludes halogenated alkanes) is 19. The molecule has 0 aromatic heterocycles. The zero-order valence-corrected chi connectivity index (χ0v) is 47.1. The van der Waals surface area contributed by atoms with Gasteiger partial charge in [0.2, 0.25) is 0 Å². The first kappa shape index (κ1) is 68.6. The topological polar surface area (TPSA) is 78.9 Å². The molecule has 0 radical (unpaired) electrons. The Morgan fingerprint density at radius 3 is 0.863 bits per heavy atom. The Hall–Kier alpha value is -4.45. The van der Waals surface area contributed by atoms with Gasteiger partial charge in [-0.1, -0.05) is 251 Å². The highest BCUT2D eigenvalue weighted by molar-refractivity contribution is 5.71. The van der Waals surface area contributed by atoms with Crippen LogP contribution in [0.1, 0.15) is 252 Å². The van der Waals surface area contributed by atoms with Crippen LogP contribution in [0.4, 0.5) is 0 Å². The molecule has 6 nitrogen and oxygen atoms in total. The summed E-state index contributed by atoms with van der Waals surface area (Å²) in [5.41, 5.74) is 0. The highest BCUT2D eigenvalue weighted by Crippen LogP contribution is 2.14. The Bertz CT molecular complexity index is 1580. The zero-order valence-electron chi connectivity index (χ0n) is 47.1. The van der Waals surface area contributed by atoms with Crippen molar-refractivity contribution >= 4 is 17.9 Å². The number of rotatable bonds is 52. The van der Waals surface area contributed by atoms with E-state index in [1.165, 1.54) is 77.0 Å². The number of ether oxygens (including phenoxy) is 3. The summed E-state index contributed by atoms with van der Waals surface area (Å²) >= 11 is 0. The van der Waals surface area contributed by atoms with Gasteiger partial charge in [-0.15, -0.1) is 0 Å². The summed E-state index contributed by atoms with van der Waals surface area (Å²) in [5.74, 6) is -0.960. The number of esters is 3. The largest absolute Gasteiger partial charge is 0.462 e. The van der Waals surface area contributed by atoms with Gasteiger partial charge in [-0.25, -0.2) is 0 Å². The lowest BCUT2D eigenvalue weighted by Crippen LogP contribution is -2.30. The monoisotopic (exact) mass is 1010 g/mol. The van der Waals surface area contributed by atoms with Crippen LogP contribution in [0.25, 0.3) is 0 Å². The molecule has 0 N–H and O–H groups in total. The average molecular weight is 1010 g/mol. The minimum atomic E-state index is -0.810.